The van der Waals surface area contributed by atoms with Crippen molar-refractivity contribution < 1.29 is 18.8 Å². The minimum absolute atomic E-state index is 0.108. The lowest BCUT2D eigenvalue weighted by Crippen LogP contribution is -2.44. The van der Waals surface area contributed by atoms with Crippen LogP contribution >= 0.6 is 15.9 Å². The summed E-state index contributed by atoms with van der Waals surface area (Å²) >= 11 is 3.25. The molecular formula is C27H25BrFN7O3. The first-order chi connectivity index (χ1) is 18.8. The Kier molecular flexibility index (Phi) is 6.49. The molecule has 4 aromatic rings. The van der Waals surface area contributed by atoms with Gasteiger partial charge in [-0.25, -0.2) is 9.37 Å². The second kappa shape index (κ2) is 9.99. The molecule has 12 heteroatoms. The molecule has 0 bridgehead atoms. The molecule has 0 saturated carbocycles. The van der Waals surface area contributed by atoms with Crippen LogP contribution in [-0.2, 0) is 29.1 Å². The number of amides is 2. The number of rotatable bonds is 6. The SMILES string of the molecule is CC(=O)c1nn(CC(=O)N2C[C@H](F)C[C@H]2C(=O)Nc2cccc(Br)n2)c2ccc(-c3cnn4c3CCC4)cc12. The van der Waals surface area contributed by atoms with Crippen molar-refractivity contribution in [1.29, 1.82) is 0 Å². The summed E-state index contributed by atoms with van der Waals surface area (Å²) in [6.45, 7) is 1.89. The zero-order valence-corrected chi connectivity index (χ0v) is 22.7. The molecule has 200 valence electrons. The highest BCUT2D eigenvalue weighted by Crippen LogP contribution is 2.32. The van der Waals surface area contributed by atoms with Crippen LogP contribution in [0.15, 0.2) is 47.2 Å². The van der Waals surface area contributed by atoms with Crippen molar-refractivity contribution in [2.24, 2.45) is 0 Å². The predicted octanol–water partition coefficient (Wildman–Crippen LogP) is 3.78. The molecule has 1 N–H and O–H groups in total. The predicted molar refractivity (Wildman–Crippen MR) is 145 cm³/mol. The molecule has 1 saturated heterocycles. The number of pyridine rings is 1. The highest BCUT2D eigenvalue weighted by Gasteiger charge is 2.40. The molecule has 0 aliphatic carbocycles. The second-order valence-electron chi connectivity index (χ2n) is 9.86. The van der Waals surface area contributed by atoms with Crippen molar-refractivity contribution in [3.8, 4) is 11.1 Å². The number of benzene rings is 1. The number of nitrogens with one attached hydrogen (secondary N) is 1. The Labute approximate surface area is 231 Å². The number of hydrogen-bond donors (Lipinski definition) is 1. The summed E-state index contributed by atoms with van der Waals surface area (Å²) in [7, 11) is 0. The van der Waals surface area contributed by atoms with E-state index in [0.717, 1.165) is 30.5 Å². The second-order valence-corrected chi connectivity index (χ2v) is 10.7. The molecule has 6 rings (SSSR count). The van der Waals surface area contributed by atoms with Gasteiger partial charge < -0.3 is 10.2 Å². The van der Waals surface area contributed by atoms with Gasteiger partial charge in [-0.1, -0.05) is 12.1 Å². The van der Waals surface area contributed by atoms with Gasteiger partial charge in [0.05, 0.1) is 18.3 Å². The maximum absolute atomic E-state index is 14.5. The minimum atomic E-state index is -1.33. The molecule has 3 aromatic heterocycles. The highest BCUT2D eigenvalue weighted by atomic mass is 79.9. The molecular weight excluding hydrogens is 569 g/mol. The Hall–Kier alpha value is -3.93. The van der Waals surface area contributed by atoms with Gasteiger partial charge in [0.15, 0.2) is 5.78 Å². The molecule has 39 heavy (non-hydrogen) atoms. The molecule has 1 aromatic carbocycles. The van der Waals surface area contributed by atoms with Crippen molar-refractivity contribution in [2.75, 3.05) is 11.9 Å². The Balaban J connectivity index is 1.27. The smallest absolute Gasteiger partial charge is 0.248 e. The fourth-order valence-corrected chi connectivity index (χ4v) is 5.79. The monoisotopic (exact) mass is 593 g/mol. The number of carbonyl (C=O) groups is 3. The van der Waals surface area contributed by atoms with E-state index in [-0.39, 0.29) is 31.0 Å². The van der Waals surface area contributed by atoms with Gasteiger partial charge in [-0.2, -0.15) is 10.2 Å². The van der Waals surface area contributed by atoms with E-state index in [4.69, 9.17) is 0 Å². The summed E-state index contributed by atoms with van der Waals surface area (Å²) in [4.78, 5) is 44.3. The zero-order valence-electron chi connectivity index (χ0n) is 21.1. The van der Waals surface area contributed by atoms with Gasteiger partial charge in [-0.05, 0) is 58.6 Å². The minimum Gasteiger partial charge on any atom is -0.326 e. The molecule has 5 heterocycles. The third-order valence-electron chi connectivity index (χ3n) is 7.25. The zero-order chi connectivity index (χ0) is 27.3. The van der Waals surface area contributed by atoms with Crippen molar-refractivity contribution in [2.45, 2.75) is 51.5 Å². The van der Waals surface area contributed by atoms with Gasteiger partial charge in [0.25, 0.3) is 0 Å². The summed E-state index contributed by atoms with van der Waals surface area (Å²) in [5.41, 5.74) is 3.97. The van der Waals surface area contributed by atoms with Gasteiger partial charge in [0.1, 0.15) is 34.9 Å². The lowest BCUT2D eigenvalue weighted by molar-refractivity contribution is -0.137. The van der Waals surface area contributed by atoms with Crippen LogP contribution in [0.1, 0.15) is 35.9 Å². The topological polar surface area (TPSA) is 115 Å². The molecule has 10 nitrogen and oxygen atoms in total. The molecule has 2 aliphatic rings. The van der Waals surface area contributed by atoms with Gasteiger partial charge in [-0.3, -0.25) is 23.7 Å². The summed E-state index contributed by atoms with van der Waals surface area (Å²) in [5.74, 6) is -0.904. The first kappa shape index (κ1) is 25.4. The Morgan fingerprint density at radius 1 is 1.21 bits per heavy atom. The van der Waals surface area contributed by atoms with Crippen molar-refractivity contribution in [3.63, 3.8) is 0 Å². The first-order valence-corrected chi connectivity index (χ1v) is 13.5. The molecule has 2 amide bonds. The molecule has 2 atom stereocenters. The number of alkyl halides is 1. The van der Waals surface area contributed by atoms with Gasteiger partial charge in [0.2, 0.25) is 11.8 Å². The van der Waals surface area contributed by atoms with Gasteiger partial charge >= 0.3 is 0 Å². The lowest BCUT2D eigenvalue weighted by atomic mass is 10.0. The molecule has 1 fully saturated rings. The summed E-state index contributed by atoms with van der Waals surface area (Å²) in [6, 6.07) is 9.73. The van der Waals surface area contributed by atoms with Crippen LogP contribution in [-0.4, -0.2) is 65.8 Å². The highest BCUT2D eigenvalue weighted by molar-refractivity contribution is 9.10. The maximum atomic E-state index is 14.5. The van der Waals surface area contributed by atoms with E-state index in [1.807, 2.05) is 29.1 Å². The number of anilines is 1. The first-order valence-electron chi connectivity index (χ1n) is 12.7. The maximum Gasteiger partial charge on any atom is 0.248 e. The Morgan fingerprint density at radius 2 is 2.05 bits per heavy atom. The number of aromatic nitrogens is 5. The van der Waals surface area contributed by atoms with Crippen LogP contribution < -0.4 is 5.32 Å². The summed E-state index contributed by atoms with van der Waals surface area (Å²) in [5, 5.41) is 12.2. The Bertz CT molecular complexity index is 1630. The summed E-state index contributed by atoms with van der Waals surface area (Å²) < 4.78 is 18.4. The van der Waals surface area contributed by atoms with Crippen molar-refractivity contribution in [3.05, 3.63) is 58.6 Å². The number of nitrogens with zero attached hydrogens (tertiary/aromatic N) is 6. The van der Waals surface area contributed by atoms with Gasteiger partial charge in [0, 0.05) is 36.5 Å². The van der Waals surface area contributed by atoms with Crippen molar-refractivity contribution >= 4 is 50.2 Å². The molecule has 0 unspecified atom stereocenters. The van der Waals surface area contributed by atoms with Crippen LogP contribution in [0.5, 0.6) is 0 Å². The number of aryl methyl sites for hydroxylation is 1. The van der Waals surface area contributed by atoms with E-state index in [2.05, 4.69) is 36.4 Å². The number of hydrogen-bond acceptors (Lipinski definition) is 6. The number of likely N-dealkylation sites (tertiary alicyclic amines) is 1. The Morgan fingerprint density at radius 3 is 2.85 bits per heavy atom. The average Bonchev–Trinajstić information content (AvgIpc) is 3.67. The van der Waals surface area contributed by atoms with E-state index in [1.165, 1.54) is 22.2 Å². The lowest BCUT2D eigenvalue weighted by Gasteiger charge is -2.23. The number of halogens is 2. The van der Waals surface area contributed by atoms with E-state index >= 15 is 0 Å². The third kappa shape index (κ3) is 4.73. The van der Waals surface area contributed by atoms with Crippen LogP contribution in [0.25, 0.3) is 22.0 Å². The summed E-state index contributed by atoms with van der Waals surface area (Å²) in [6.07, 6.45) is 2.39. The number of fused-ring (bicyclic) bond motifs is 2. The third-order valence-corrected chi connectivity index (χ3v) is 7.69. The van der Waals surface area contributed by atoms with Gasteiger partial charge in [-0.15, -0.1) is 0 Å². The van der Waals surface area contributed by atoms with E-state index in [0.29, 0.717) is 21.3 Å². The van der Waals surface area contributed by atoms with E-state index < -0.39 is 24.0 Å². The van der Waals surface area contributed by atoms with E-state index in [9.17, 15) is 18.8 Å². The fraction of sp³-hybridized carbons (Fsp3) is 0.333. The normalized spacial score (nSPS) is 18.5. The fourth-order valence-electron chi connectivity index (χ4n) is 5.45. The largest absolute Gasteiger partial charge is 0.326 e. The average molecular weight is 594 g/mol. The quantitative estimate of drug-likeness (QED) is 0.269. The standard InChI is InChI=1S/C27H25BrFN7O3/c1-15(37)26-18-10-16(19-12-30-35-9-3-4-20(19)35)7-8-21(18)36(33-26)14-25(38)34-13-17(29)11-22(34)27(39)32-24-6-2-5-23(28)31-24/h2,5-8,10,12,17,22H,3-4,9,11,13-14H2,1H3,(H,31,32,39)/t17-,22+/m1/s1. The molecule has 0 radical (unpaired) electrons. The number of carbonyl (C=O) groups excluding carboxylic acids is 3. The van der Waals surface area contributed by atoms with Crippen molar-refractivity contribution in [1.82, 2.24) is 29.4 Å². The molecule has 0 spiro atoms. The molecule has 2 aliphatic heterocycles. The van der Waals surface area contributed by atoms with Crippen LogP contribution in [0, 0.1) is 0 Å². The van der Waals surface area contributed by atoms with Crippen LogP contribution in [0.4, 0.5) is 10.2 Å². The number of ketones is 1. The van der Waals surface area contributed by atoms with E-state index in [1.54, 1.807) is 18.2 Å². The van der Waals surface area contributed by atoms with Crippen LogP contribution in [0.2, 0.25) is 0 Å². The van der Waals surface area contributed by atoms with Crippen LogP contribution in [0.3, 0.4) is 0 Å². The number of Topliss-reactive ketones (excluding diaryl/α,β-unsaturated/α-hetero) is 1.